The number of morpholine rings is 1. The minimum atomic E-state index is -3.68. The van der Waals surface area contributed by atoms with Gasteiger partial charge in [0.05, 0.1) is 36.1 Å². The normalized spacial score (nSPS) is 14.2. The van der Waals surface area contributed by atoms with Gasteiger partial charge in [0.1, 0.15) is 0 Å². The Bertz CT molecular complexity index is 1070. The topological polar surface area (TPSA) is 97.4 Å². The predicted molar refractivity (Wildman–Crippen MR) is 131 cm³/mol. The molecule has 1 aliphatic rings. The fourth-order valence-corrected chi connectivity index (χ4v) is 5.23. The number of hydrogen-bond acceptors (Lipinski definition) is 7. The van der Waals surface area contributed by atoms with Crippen LogP contribution in [-0.4, -0.2) is 71.2 Å². The average Bonchev–Trinajstić information content (AvgIpc) is 2.85. The Kier molecular flexibility index (Phi) is 9.14. The van der Waals surface area contributed by atoms with Crippen LogP contribution in [0.1, 0.15) is 20.8 Å². The molecule has 1 saturated heterocycles. The molecule has 0 radical (unpaired) electrons. The minimum absolute atomic E-state index is 0.131. The van der Waals surface area contributed by atoms with E-state index in [0.29, 0.717) is 63.2 Å². The van der Waals surface area contributed by atoms with E-state index in [0.717, 1.165) is 5.69 Å². The molecule has 1 amide bonds. The third-order valence-electron chi connectivity index (χ3n) is 5.44. The molecule has 1 fully saturated rings. The fraction of sp³-hybridized carbons (Fsp3) is 0.458. The van der Waals surface area contributed by atoms with E-state index in [4.69, 9.17) is 14.2 Å². The van der Waals surface area contributed by atoms with Crippen LogP contribution < -0.4 is 19.7 Å². The number of nitrogens with zero attached hydrogens (tertiary/aromatic N) is 2. The van der Waals surface area contributed by atoms with E-state index in [1.807, 2.05) is 13.0 Å². The van der Waals surface area contributed by atoms with Gasteiger partial charge in [-0.25, -0.2) is 8.42 Å². The van der Waals surface area contributed by atoms with Crippen molar-refractivity contribution in [3.8, 4) is 11.5 Å². The summed E-state index contributed by atoms with van der Waals surface area (Å²) < 4.78 is 44.2. The number of anilines is 2. The van der Waals surface area contributed by atoms with Gasteiger partial charge in [-0.3, -0.25) is 4.79 Å². The van der Waals surface area contributed by atoms with E-state index in [1.54, 1.807) is 44.2 Å². The first-order valence-corrected chi connectivity index (χ1v) is 13.0. The first kappa shape index (κ1) is 25.8. The molecule has 9 nitrogen and oxygen atoms in total. The Labute approximate surface area is 201 Å². The summed E-state index contributed by atoms with van der Waals surface area (Å²) in [6.45, 7) is 8.81. The molecule has 0 bridgehead atoms. The number of rotatable bonds is 11. The number of nitrogens with one attached hydrogen (secondary N) is 1. The average molecular weight is 492 g/mol. The Morgan fingerprint density at radius 2 is 1.68 bits per heavy atom. The SMILES string of the molecule is CCOc1ccccc1OCC(=O)Nc1cc(S(=O)(=O)N(CC)CC)ccc1N1CCOCC1. The maximum atomic E-state index is 13.1. The molecular formula is C24H33N3O6S. The third-order valence-corrected chi connectivity index (χ3v) is 7.49. The highest BCUT2D eigenvalue weighted by Crippen LogP contribution is 2.31. The lowest BCUT2D eigenvalue weighted by atomic mass is 10.2. The monoisotopic (exact) mass is 491 g/mol. The zero-order chi connectivity index (χ0) is 24.6. The number of hydrogen-bond donors (Lipinski definition) is 1. The molecule has 1 N–H and O–H groups in total. The standard InChI is InChI=1S/C24H33N3O6S/c1-4-27(5-2)34(29,30)19-11-12-21(26-13-15-31-16-14-26)20(17-19)25-24(28)18-33-23-10-8-7-9-22(23)32-6-3/h7-12,17H,4-6,13-16,18H2,1-3H3,(H,25,28). The second-order valence-electron chi connectivity index (χ2n) is 7.58. The number of sulfonamides is 1. The van der Waals surface area contributed by atoms with Crippen molar-refractivity contribution in [2.24, 2.45) is 0 Å². The lowest BCUT2D eigenvalue weighted by Gasteiger charge is -2.31. The summed E-state index contributed by atoms with van der Waals surface area (Å²) in [5.41, 5.74) is 1.16. The third kappa shape index (κ3) is 6.19. The number of ether oxygens (including phenoxy) is 3. The lowest BCUT2D eigenvalue weighted by Crippen LogP contribution is -2.37. The van der Waals surface area contributed by atoms with Gasteiger partial charge in [-0.15, -0.1) is 0 Å². The van der Waals surface area contributed by atoms with Gasteiger partial charge in [0.2, 0.25) is 10.0 Å². The fourth-order valence-electron chi connectivity index (χ4n) is 3.74. The van der Waals surface area contributed by atoms with Gasteiger partial charge < -0.3 is 24.4 Å². The molecule has 3 rings (SSSR count). The van der Waals surface area contributed by atoms with Crippen LogP contribution in [-0.2, 0) is 19.6 Å². The van der Waals surface area contributed by atoms with Crippen molar-refractivity contribution in [2.75, 3.05) is 62.8 Å². The predicted octanol–water partition coefficient (Wildman–Crippen LogP) is 2.97. The summed E-state index contributed by atoms with van der Waals surface area (Å²) >= 11 is 0. The Morgan fingerprint density at radius 3 is 2.29 bits per heavy atom. The van der Waals surface area contributed by atoms with E-state index in [-0.39, 0.29) is 11.5 Å². The maximum Gasteiger partial charge on any atom is 0.262 e. The van der Waals surface area contributed by atoms with Gasteiger partial charge in [0.15, 0.2) is 18.1 Å². The highest BCUT2D eigenvalue weighted by Gasteiger charge is 2.25. The quantitative estimate of drug-likeness (QED) is 0.516. The van der Waals surface area contributed by atoms with E-state index in [9.17, 15) is 13.2 Å². The lowest BCUT2D eigenvalue weighted by molar-refractivity contribution is -0.118. The zero-order valence-corrected chi connectivity index (χ0v) is 20.8. The number of para-hydroxylation sites is 2. The van der Waals surface area contributed by atoms with Crippen molar-refractivity contribution in [3.63, 3.8) is 0 Å². The van der Waals surface area contributed by atoms with Gasteiger partial charge >= 0.3 is 0 Å². The molecule has 0 atom stereocenters. The minimum Gasteiger partial charge on any atom is -0.490 e. The van der Waals surface area contributed by atoms with Gasteiger partial charge in [0.25, 0.3) is 5.91 Å². The second kappa shape index (κ2) is 12.0. The van der Waals surface area contributed by atoms with Crippen LogP contribution in [0.5, 0.6) is 11.5 Å². The van der Waals surface area contributed by atoms with Crippen LogP contribution in [0.25, 0.3) is 0 Å². The van der Waals surface area contributed by atoms with E-state index >= 15 is 0 Å². The van der Waals surface area contributed by atoms with Crippen molar-refractivity contribution in [3.05, 3.63) is 42.5 Å². The Balaban J connectivity index is 1.84. The molecule has 2 aromatic carbocycles. The van der Waals surface area contributed by atoms with E-state index < -0.39 is 15.9 Å². The highest BCUT2D eigenvalue weighted by molar-refractivity contribution is 7.89. The van der Waals surface area contributed by atoms with Gasteiger partial charge in [-0.05, 0) is 37.3 Å². The molecule has 0 spiro atoms. The van der Waals surface area contributed by atoms with E-state index in [2.05, 4.69) is 10.2 Å². The summed E-state index contributed by atoms with van der Waals surface area (Å²) in [5, 5.41) is 2.85. The number of benzene rings is 2. The van der Waals surface area contributed by atoms with E-state index in [1.165, 1.54) is 10.4 Å². The van der Waals surface area contributed by atoms with Crippen molar-refractivity contribution in [1.29, 1.82) is 0 Å². The number of carbonyl (C=O) groups excluding carboxylic acids is 1. The van der Waals surface area contributed by atoms with Crippen LogP contribution >= 0.6 is 0 Å². The largest absolute Gasteiger partial charge is 0.490 e. The van der Waals surface area contributed by atoms with Crippen molar-refractivity contribution in [1.82, 2.24) is 4.31 Å². The van der Waals surface area contributed by atoms with Crippen LogP contribution in [0.4, 0.5) is 11.4 Å². The first-order valence-electron chi connectivity index (χ1n) is 11.5. The number of amides is 1. The molecule has 1 aliphatic heterocycles. The van der Waals surface area contributed by atoms with Gasteiger partial charge in [-0.2, -0.15) is 4.31 Å². The second-order valence-corrected chi connectivity index (χ2v) is 9.52. The molecule has 10 heteroatoms. The molecule has 2 aromatic rings. The van der Waals surface area contributed by atoms with Crippen LogP contribution in [0.2, 0.25) is 0 Å². The maximum absolute atomic E-state index is 13.1. The smallest absolute Gasteiger partial charge is 0.262 e. The van der Waals surface area contributed by atoms with Crippen molar-refractivity contribution >= 4 is 27.3 Å². The zero-order valence-electron chi connectivity index (χ0n) is 20.0. The van der Waals surface area contributed by atoms with Crippen LogP contribution in [0.15, 0.2) is 47.4 Å². The van der Waals surface area contributed by atoms with Gasteiger partial charge in [-0.1, -0.05) is 26.0 Å². The molecule has 1 heterocycles. The molecule has 34 heavy (non-hydrogen) atoms. The summed E-state index contributed by atoms with van der Waals surface area (Å²) in [6.07, 6.45) is 0. The van der Waals surface area contributed by atoms with Crippen LogP contribution in [0.3, 0.4) is 0 Å². The number of carbonyl (C=O) groups is 1. The highest BCUT2D eigenvalue weighted by atomic mass is 32.2. The Morgan fingerprint density at radius 1 is 1.03 bits per heavy atom. The molecular weight excluding hydrogens is 458 g/mol. The molecule has 186 valence electrons. The Hall–Kier alpha value is -2.82. The van der Waals surface area contributed by atoms with Crippen molar-refractivity contribution in [2.45, 2.75) is 25.7 Å². The first-order chi connectivity index (χ1) is 16.4. The van der Waals surface area contributed by atoms with Crippen LogP contribution in [0, 0.1) is 0 Å². The molecule has 0 unspecified atom stereocenters. The summed E-state index contributed by atoms with van der Waals surface area (Å²) in [6, 6.07) is 12.0. The molecule has 0 saturated carbocycles. The summed E-state index contributed by atoms with van der Waals surface area (Å²) in [7, 11) is -3.68. The van der Waals surface area contributed by atoms with Gasteiger partial charge in [0, 0.05) is 26.2 Å². The summed E-state index contributed by atoms with van der Waals surface area (Å²) in [4.78, 5) is 15.0. The summed E-state index contributed by atoms with van der Waals surface area (Å²) in [5.74, 6) is 0.614. The van der Waals surface area contributed by atoms with Crippen molar-refractivity contribution < 1.29 is 27.4 Å². The molecule has 0 aromatic heterocycles. The molecule has 0 aliphatic carbocycles.